The van der Waals surface area contributed by atoms with E-state index in [1.165, 1.54) is 23.7 Å². The summed E-state index contributed by atoms with van der Waals surface area (Å²) in [5, 5.41) is 4.19. The van der Waals surface area contributed by atoms with Gasteiger partial charge >= 0.3 is 17.7 Å². The van der Waals surface area contributed by atoms with E-state index in [4.69, 9.17) is 37.4 Å². The molecular formula is C15H17Cl2N3O5. The van der Waals surface area contributed by atoms with Crippen LogP contribution in [0.1, 0.15) is 24.2 Å². The minimum atomic E-state index is -0.595. The molecular weight excluding hydrogens is 373 g/mol. The number of hydrogen-bond donors (Lipinski definition) is 0. The Labute approximate surface area is 153 Å². The number of halogens is 2. The maximum Gasteiger partial charge on any atom is 0.351 e. The molecule has 25 heavy (non-hydrogen) atoms. The number of rotatable bonds is 7. The summed E-state index contributed by atoms with van der Waals surface area (Å²) in [6.07, 6.45) is 0. The molecule has 0 fully saturated rings. The molecule has 0 N–H and O–H groups in total. The lowest BCUT2D eigenvalue weighted by molar-refractivity contribution is 0.0526. The maximum absolute atomic E-state index is 12.1. The lowest BCUT2D eigenvalue weighted by Gasteiger charge is -2.12. The standard InChI is InChI=1S/C15H17Cl2N3O5/c1-4-23-13(21)9-6-7-10(16)12(11(9)17)25-8-20-15(22)19(3)14(18-20)24-5-2/h6-7H,4-5,8H2,1-3H3. The van der Waals surface area contributed by atoms with E-state index < -0.39 is 11.7 Å². The van der Waals surface area contributed by atoms with Gasteiger partial charge in [-0.3, -0.25) is 0 Å². The molecule has 1 heterocycles. The van der Waals surface area contributed by atoms with Crippen molar-refractivity contribution in [3.63, 3.8) is 0 Å². The van der Waals surface area contributed by atoms with Gasteiger partial charge in [0.15, 0.2) is 12.5 Å². The third kappa shape index (κ3) is 4.08. The van der Waals surface area contributed by atoms with Gasteiger partial charge in [-0.2, -0.15) is 4.68 Å². The largest absolute Gasteiger partial charge is 0.468 e. The average Bonchev–Trinajstić information content (AvgIpc) is 2.83. The predicted octanol–water partition coefficient (Wildman–Crippen LogP) is 2.50. The minimum absolute atomic E-state index is 0.0000354. The number of aromatic nitrogens is 3. The van der Waals surface area contributed by atoms with E-state index in [0.29, 0.717) is 6.61 Å². The first-order chi connectivity index (χ1) is 11.9. The van der Waals surface area contributed by atoms with Gasteiger partial charge in [0.05, 0.1) is 28.8 Å². The zero-order chi connectivity index (χ0) is 18.6. The summed E-state index contributed by atoms with van der Waals surface area (Å²) in [5.74, 6) is -0.535. The number of esters is 1. The highest BCUT2D eigenvalue weighted by atomic mass is 35.5. The Morgan fingerprint density at radius 3 is 2.56 bits per heavy atom. The van der Waals surface area contributed by atoms with Crippen molar-refractivity contribution in [2.24, 2.45) is 7.05 Å². The van der Waals surface area contributed by atoms with Crippen LogP contribution in [0.2, 0.25) is 10.0 Å². The van der Waals surface area contributed by atoms with Crippen molar-refractivity contribution >= 4 is 29.2 Å². The third-order valence-corrected chi connectivity index (χ3v) is 3.82. The highest BCUT2D eigenvalue weighted by molar-refractivity contribution is 6.39. The van der Waals surface area contributed by atoms with Gasteiger partial charge in [-0.1, -0.05) is 23.2 Å². The summed E-state index contributed by atoms with van der Waals surface area (Å²) in [7, 11) is 1.53. The van der Waals surface area contributed by atoms with Crippen LogP contribution in [-0.4, -0.2) is 33.5 Å². The minimum Gasteiger partial charge on any atom is -0.468 e. The SMILES string of the molecule is CCOC(=O)c1ccc(Cl)c(OCn2nc(OCC)n(C)c2=O)c1Cl. The molecule has 1 aromatic carbocycles. The molecule has 0 radical (unpaired) electrons. The molecule has 0 saturated heterocycles. The van der Waals surface area contributed by atoms with Gasteiger partial charge in [0, 0.05) is 7.05 Å². The van der Waals surface area contributed by atoms with E-state index >= 15 is 0 Å². The number of nitrogens with zero attached hydrogens (tertiary/aromatic N) is 3. The van der Waals surface area contributed by atoms with E-state index in [1.807, 2.05) is 0 Å². The summed E-state index contributed by atoms with van der Waals surface area (Å²) < 4.78 is 18.0. The number of benzene rings is 1. The second-order valence-electron chi connectivity index (χ2n) is 4.79. The van der Waals surface area contributed by atoms with Gasteiger partial charge in [0.25, 0.3) is 0 Å². The molecule has 0 aliphatic heterocycles. The van der Waals surface area contributed by atoms with E-state index in [-0.39, 0.29) is 40.7 Å². The average molecular weight is 390 g/mol. The molecule has 0 unspecified atom stereocenters. The van der Waals surface area contributed by atoms with Crippen molar-refractivity contribution in [2.75, 3.05) is 13.2 Å². The van der Waals surface area contributed by atoms with Crippen molar-refractivity contribution in [2.45, 2.75) is 20.6 Å². The van der Waals surface area contributed by atoms with Gasteiger partial charge < -0.3 is 14.2 Å². The summed E-state index contributed by atoms with van der Waals surface area (Å²) in [4.78, 5) is 24.0. The lowest BCUT2D eigenvalue weighted by Crippen LogP contribution is -2.25. The van der Waals surface area contributed by atoms with Crippen molar-refractivity contribution in [1.29, 1.82) is 0 Å². The fraction of sp³-hybridized carbons (Fsp3) is 0.400. The molecule has 0 aliphatic rings. The second kappa shape index (κ2) is 8.26. The van der Waals surface area contributed by atoms with Crippen molar-refractivity contribution in [3.05, 3.63) is 38.2 Å². The van der Waals surface area contributed by atoms with Crippen LogP contribution in [-0.2, 0) is 18.5 Å². The van der Waals surface area contributed by atoms with Gasteiger partial charge in [0.2, 0.25) is 0 Å². The van der Waals surface area contributed by atoms with Crippen LogP contribution in [0.25, 0.3) is 0 Å². The number of hydrogen-bond acceptors (Lipinski definition) is 6. The highest BCUT2D eigenvalue weighted by Crippen LogP contribution is 2.36. The number of carbonyl (C=O) groups excluding carboxylic acids is 1. The van der Waals surface area contributed by atoms with Crippen LogP contribution in [0.5, 0.6) is 11.8 Å². The quantitative estimate of drug-likeness (QED) is 0.676. The molecule has 0 bridgehead atoms. The van der Waals surface area contributed by atoms with Crippen molar-refractivity contribution in [1.82, 2.24) is 14.3 Å². The van der Waals surface area contributed by atoms with E-state index in [1.54, 1.807) is 13.8 Å². The first kappa shape index (κ1) is 19.1. The Balaban J connectivity index is 2.26. The van der Waals surface area contributed by atoms with Crippen molar-refractivity contribution in [3.8, 4) is 11.8 Å². The van der Waals surface area contributed by atoms with Crippen LogP contribution in [0.3, 0.4) is 0 Å². The van der Waals surface area contributed by atoms with Gasteiger partial charge in [0.1, 0.15) is 0 Å². The zero-order valence-corrected chi connectivity index (χ0v) is 15.4. The highest BCUT2D eigenvalue weighted by Gasteiger charge is 2.19. The molecule has 2 aromatic rings. The smallest absolute Gasteiger partial charge is 0.351 e. The van der Waals surface area contributed by atoms with Crippen LogP contribution in [0.4, 0.5) is 0 Å². The Bertz CT molecular complexity index is 831. The molecule has 136 valence electrons. The normalized spacial score (nSPS) is 10.6. The lowest BCUT2D eigenvalue weighted by atomic mass is 10.2. The molecule has 8 nitrogen and oxygen atoms in total. The summed E-state index contributed by atoms with van der Waals surface area (Å²) in [5.41, 5.74) is -0.316. The Kier molecular flexibility index (Phi) is 6.33. The zero-order valence-electron chi connectivity index (χ0n) is 13.9. The fourth-order valence-corrected chi connectivity index (χ4v) is 2.52. The van der Waals surface area contributed by atoms with Gasteiger partial charge in [-0.05, 0) is 26.0 Å². The summed E-state index contributed by atoms with van der Waals surface area (Å²) in [6.45, 7) is 3.77. The molecule has 0 saturated carbocycles. The summed E-state index contributed by atoms with van der Waals surface area (Å²) in [6, 6.07) is 3.06. The van der Waals surface area contributed by atoms with Crippen LogP contribution in [0, 0.1) is 0 Å². The van der Waals surface area contributed by atoms with Crippen LogP contribution in [0.15, 0.2) is 16.9 Å². The first-order valence-corrected chi connectivity index (χ1v) is 8.20. The maximum atomic E-state index is 12.1. The molecule has 0 amide bonds. The van der Waals surface area contributed by atoms with Crippen LogP contribution >= 0.6 is 23.2 Å². The number of ether oxygens (including phenoxy) is 3. The molecule has 10 heteroatoms. The summed E-state index contributed by atoms with van der Waals surface area (Å²) >= 11 is 12.3. The Hall–Kier alpha value is -2.19. The molecule has 0 atom stereocenters. The van der Waals surface area contributed by atoms with E-state index in [0.717, 1.165) is 4.68 Å². The molecule has 1 aromatic heterocycles. The monoisotopic (exact) mass is 389 g/mol. The first-order valence-electron chi connectivity index (χ1n) is 7.45. The topological polar surface area (TPSA) is 84.6 Å². The van der Waals surface area contributed by atoms with Gasteiger partial charge in [-0.25, -0.2) is 14.2 Å². The Morgan fingerprint density at radius 1 is 1.20 bits per heavy atom. The van der Waals surface area contributed by atoms with Gasteiger partial charge in [-0.15, -0.1) is 5.10 Å². The Morgan fingerprint density at radius 2 is 1.92 bits per heavy atom. The van der Waals surface area contributed by atoms with Crippen molar-refractivity contribution < 1.29 is 19.0 Å². The third-order valence-electron chi connectivity index (χ3n) is 3.15. The molecule has 2 rings (SSSR count). The predicted molar refractivity (Wildman–Crippen MR) is 91.7 cm³/mol. The van der Waals surface area contributed by atoms with Crippen LogP contribution < -0.4 is 15.2 Å². The fourth-order valence-electron chi connectivity index (χ4n) is 1.96. The molecule has 0 aliphatic carbocycles. The second-order valence-corrected chi connectivity index (χ2v) is 5.57. The molecule has 0 spiro atoms. The number of carbonyl (C=O) groups is 1. The van der Waals surface area contributed by atoms with E-state index in [2.05, 4.69) is 5.10 Å². The van der Waals surface area contributed by atoms with E-state index in [9.17, 15) is 9.59 Å².